The van der Waals surface area contributed by atoms with Crippen LogP contribution in [-0.4, -0.2) is 31.9 Å². The van der Waals surface area contributed by atoms with Gasteiger partial charge in [0, 0.05) is 5.56 Å². The molecule has 0 atom stereocenters. The van der Waals surface area contributed by atoms with Gasteiger partial charge in [0.05, 0.1) is 28.2 Å². The highest BCUT2D eigenvalue weighted by molar-refractivity contribution is 6.36. The summed E-state index contributed by atoms with van der Waals surface area (Å²) in [4.78, 5) is 34.7. The Labute approximate surface area is 217 Å². The molecule has 0 spiro atoms. The minimum atomic E-state index is -4.92. The number of para-hydroxylation sites is 1. The van der Waals surface area contributed by atoms with Gasteiger partial charge in [0.25, 0.3) is 11.5 Å². The van der Waals surface area contributed by atoms with Crippen LogP contribution in [0.3, 0.4) is 0 Å². The molecule has 0 unspecified atom stereocenters. The highest BCUT2D eigenvalue weighted by Crippen LogP contribution is 2.31. The summed E-state index contributed by atoms with van der Waals surface area (Å²) in [7, 11) is 0. The lowest BCUT2D eigenvalue weighted by Crippen LogP contribution is -2.27. The van der Waals surface area contributed by atoms with Crippen molar-refractivity contribution in [3.05, 3.63) is 85.6 Å². The summed E-state index contributed by atoms with van der Waals surface area (Å²) in [6.07, 6.45) is -4.92. The predicted molar refractivity (Wildman–Crippen MR) is 132 cm³/mol. The first kappa shape index (κ1) is 26.2. The van der Waals surface area contributed by atoms with Crippen LogP contribution in [0.15, 0.2) is 47.3 Å². The first-order valence-corrected chi connectivity index (χ1v) is 11.3. The summed E-state index contributed by atoms with van der Waals surface area (Å²) in [6.45, 7) is 2.99. The number of aryl methyl sites for hydroxylation is 2. The van der Waals surface area contributed by atoms with E-state index in [9.17, 15) is 27.9 Å². The van der Waals surface area contributed by atoms with E-state index in [1.165, 1.54) is 28.8 Å². The smallest absolute Gasteiger partial charge is 0.504 e. The van der Waals surface area contributed by atoms with E-state index in [-0.39, 0.29) is 44.9 Å². The first-order valence-electron chi connectivity index (χ1n) is 10.6. The van der Waals surface area contributed by atoms with Crippen molar-refractivity contribution < 1.29 is 27.8 Å². The lowest BCUT2D eigenvalue weighted by Gasteiger charge is -2.17. The molecule has 2 N–H and O–H groups in total. The maximum Gasteiger partial charge on any atom is 0.573 e. The largest absolute Gasteiger partial charge is 0.573 e. The van der Waals surface area contributed by atoms with Gasteiger partial charge in [0.15, 0.2) is 10.9 Å². The number of ether oxygens (including phenoxy) is 1. The number of hydrogen-bond donors (Lipinski definition) is 2. The van der Waals surface area contributed by atoms with Crippen molar-refractivity contribution in [1.82, 2.24) is 14.5 Å². The fourth-order valence-electron chi connectivity index (χ4n) is 3.66. The Bertz CT molecular complexity index is 1580. The summed E-state index contributed by atoms with van der Waals surface area (Å²) in [5.74, 6) is -1.47. The minimum Gasteiger partial charge on any atom is -0.504 e. The maximum absolute atomic E-state index is 13.6. The molecule has 0 aliphatic heterocycles. The van der Waals surface area contributed by atoms with Gasteiger partial charge in [0.1, 0.15) is 17.3 Å². The molecule has 0 radical (unpaired) electrons. The third-order valence-electron chi connectivity index (χ3n) is 5.41. The van der Waals surface area contributed by atoms with Gasteiger partial charge in [-0.15, -0.1) is 13.2 Å². The minimum absolute atomic E-state index is 0.0316. The Morgan fingerprint density at radius 1 is 1.14 bits per heavy atom. The fourth-order valence-corrected chi connectivity index (χ4v) is 4.09. The van der Waals surface area contributed by atoms with E-state index < -0.39 is 29.3 Å². The molecule has 192 valence electrons. The lowest BCUT2D eigenvalue weighted by molar-refractivity contribution is -0.274. The number of benzene rings is 2. The predicted octanol–water partition coefficient (Wildman–Crippen LogP) is 5.62. The average Bonchev–Trinajstić information content (AvgIpc) is 2.81. The number of hydrogen-bond acceptors (Lipinski definition) is 6. The standard InChI is InChI=1S/C24H17Cl2F3N4O4/c1-11-7-8-15(32-22(35)16-9-14(25)20(34)21(26)31-16)18-19(11)30-12(2)33(23(18)36)10-13-5-3-4-6-17(13)37-24(27,28)29/h3-9,34H,10H2,1-2H3,(H,32,35). The molecule has 2 aromatic heterocycles. The van der Waals surface area contributed by atoms with E-state index in [0.29, 0.717) is 11.1 Å². The highest BCUT2D eigenvalue weighted by Gasteiger charge is 2.32. The Kier molecular flexibility index (Phi) is 7.03. The Hall–Kier alpha value is -3.83. The van der Waals surface area contributed by atoms with Crippen LogP contribution in [0.25, 0.3) is 10.9 Å². The van der Waals surface area contributed by atoms with Gasteiger partial charge >= 0.3 is 6.36 Å². The van der Waals surface area contributed by atoms with Crippen LogP contribution in [0.5, 0.6) is 11.5 Å². The fraction of sp³-hybridized carbons (Fsp3) is 0.167. The molecule has 37 heavy (non-hydrogen) atoms. The number of rotatable bonds is 5. The normalized spacial score (nSPS) is 11.5. The second-order valence-electron chi connectivity index (χ2n) is 7.94. The summed E-state index contributed by atoms with van der Waals surface area (Å²) in [5, 5.41) is 11.7. The number of aromatic nitrogens is 3. The number of nitrogens with one attached hydrogen (secondary N) is 1. The van der Waals surface area contributed by atoms with Gasteiger partial charge < -0.3 is 15.2 Å². The highest BCUT2D eigenvalue weighted by atomic mass is 35.5. The molecule has 4 aromatic rings. The van der Waals surface area contributed by atoms with E-state index in [4.69, 9.17) is 23.2 Å². The van der Waals surface area contributed by atoms with E-state index in [2.05, 4.69) is 20.0 Å². The van der Waals surface area contributed by atoms with Crippen LogP contribution in [0.1, 0.15) is 27.4 Å². The lowest BCUT2D eigenvalue weighted by atomic mass is 10.1. The summed E-state index contributed by atoms with van der Waals surface area (Å²) < 4.78 is 43.9. The molecule has 4 rings (SSSR count). The SMILES string of the molecule is Cc1ccc(NC(=O)c2cc(Cl)c(O)c(Cl)n2)c2c(=O)n(Cc3ccccc3OC(F)(F)F)c(C)nc12. The van der Waals surface area contributed by atoms with Crippen LogP contribution in [0.4, 0.5) is 18.9 Å². The van der Waals surface area contributed by atoms with E-state index in [1.807, 2.05) is 0 Å². The zero-order chi connectivity index (χ0) is 27.1. The number of alkyl halides is 3. The van der Waals surface area contributed by atoms with Crippen LogP contribution in [0, 0.1) is 13.8 Å². The maximum atomic E-state index is 13.6. The number of carbonyl (C=O) groups excluding carboxylic acids is 1. The van der Waals surface area contributed by atoms with Crippen molar-refractivity contribution in [2.75, 3.05) is 5.32 Å². The summed E-state index contributed by atoms with van der Waals surface area (Å²) >= 11 is 11.7. The van der Waals surface area contributed by atoms with Crippen molar-refractivity contribution in [2.45, 2.75) is 26.8 Å². The van der Waals surface area contributed by atoms with E-state index >= 15 is 0 Å². The van der Waals surface area contributed by atoms with Gasteiger partial charge in [-0.3, -0.25) is 14.2 Å². The Morgan fingerprint density at radius 2 is 1.84 bits per heavy atom. The van der Waals surface area contributed by atoms with Crippen molar-refractivity contribution in [3.8, 4) is 11.5 Å². The molecule has 0 fully saturated rings. The van der Waals surface area contributed by atoms with Gasteiger partial charge in [-0.2, -0.15) is 0 Å². The van der Waals surface area contributed by atoms with Crippen molar-refractivity contribution in [2.24, 2.45) is 0 Å². The van der Waals surface area contributed by atoms with Crippen molar-refractivity contribution in [3.63, 3.8) is 0 Å². The molecular formula is C24H17Cl2F3N4O4. The van der Waals surface area contributed by atoms with Crippen LogP contribution in [0.2, 0.25) is 10.2 Å². The molecule has 2 heterocycles. The third kappa shape index (κ3) is 5.47. The second kappa shape index (κ2) is 9.91. The van der Waals surface area contributed by atoms with Crippen molar-refractivity contribution in [1.29, 1.82) is 0 Å². The topological polar surface area (TPSA) is 106 Å². The number of nitrogens with zero attached hydrogens (tertiary/aromatic N) is 3. The van der Waals surface area contributed by atoms with Gasteiger partial charge in [-0.1, -0.05) is 47.5 Å². The molecule has 0 aliphatic rings. The Balaban J connectivity index is 1.80. The molecule has 8 nitrogen and oxygen atoms in total. The number of amides is 1. The molecule has 0 saturated carbocycles. The summed E-state index contributed by atoms with van der Waals surface area (Å²) in [6, 6.07) is 9.69. The number of aromatic hydroxyl groups is 1. The molecule has 0 saturated heterocycles. The number of fused-ring (bicyclic) bond motifs is 1. The van der Waals surface area contributed by atoms with Crippen LogP contribution in [-0.2, 0) is 6.54 Å². The van der Waals surface area contributed by atoms with E-state index in [0.717, 1.165) is 12.1 Å². The number of pyridine rings is 1. The van der Waals surface area contributed by atoms with Gasteiger partial charge in [0.2, 0.25) is 0 Å². The molecule has 13 heteroatoms. The molecule has 1 amide bonds. The third-order valence-corrected chi connectivity index (χ3v) is 5.97. The van der Waals surface area contributed by atoms with Crippen LogP contribution >= 0.6 is 23.2 Å². The Morgan fingerprint density at radius 3 is 2.51 bits per heavy atom. The average molecular weight is 553 g/mol. The molecule has 0 aliphatic carbocycles. The number of carbonyl (C=O) groups is 1. The first-order chi connectivity index (χ1) is 17.4. The van der Waals surface area contributed by atoms with Gasteiger partial charge in [-0.25, -0.2) is 9.97 Å². The second-order valence-corrected chi connectivity index (χ2v) is 8.71. The zero-order valence-corrected chi connectivity index (χ0v) is 20.7. The zero-order valence-electron chi connectivity index (χ0n) is 19.2. The van der Waals surface area contributed by atoms with E-state index in [1.54, 1.807) is 19.9 Å². The molecule has 0 bridgehead atoms. The van der Waals surface area contributed by atoms with Crippen LogP contribution < -0.4 is 15.6 Å². The number of anilines is 1. The quantitative estimate of drug-likeness (QED) is 0.311. The summed E-state index contributed by atoms with van der Waals surface area (Å²) in [5.41, 5.74) is 0.292. The van der Waals surface area contributed by atoms with Crippen molar-refractivity contribution >= 4 is 45.7 Å². The number of halogens is 5. The molecule has 2 aromatic carbocycles. The van der Waals surface area contributed by atoms with Gasteiger partial charge in [-0.05, 0) is 37.6 Å². The monoisotopic (exact) mass is 552 g/mol. The molecular weight excluding hydrogens is 536 g/mol.